The zero-order valence-electron chi connectivity index (χ0n) is 17.5. The van der Waals surface area contributed by atoms with Crippen molar-refractivity contribution in [3.05, 3.63) is 47.5 Å². The van der Waals surface area contributed by atoms with Crippen molar-refractivity contribution in [1.82, 2.24) is 5.32 Å². The first-order valence-electron chi connectivity index (χ1n) is 9.65. The van der Waals surface area contributed by atoms with Crippen LogP contribution < -0.4 is 25.3 Å². The van der Waals surface area contributed by atoms with Crippen molar-refractivity contribution in [3.63, 3.8) is 0 Å². The highest BCUT2D eigenvalue weighted by Crippen LogP contribution is 2.27. The van der Waals surface area contributed by atoms with Crippen LogP contribution in [0.1, 0.15) is 29.3 Å². The van der Waals surface area contributed by atoms with Crippen molar-refractivity contribution in [2.24, 2.45) is 0 Å². The number of anilines is 1. The molecule has 0 radical (unpaired) electrons. The Hall–Kier alpha value is -3.42. The minimum Gasteiger partial charge on any atom is -0.493 e. The third-order valence-corrected chi connectivity index (χ3v) is 4.23. The first-order chi connectivity index (χ1) is 14.5. The maximum atomic E-state index is 12.1. The number of rotatable bonds is 11. The molecule has 30 heavy (non-hydrogen) atoms. The van der Waals surface area contributed by atoms with Gasteiger partial charge in [-0.2, -0.15) is 0 Å². The van der Waals surface area contributed by atoms with Crippen LogP contribution in [0.15, 0.2) is 36.4 Å². The number of nitrogens with two attached hydrogens (primary N) is 1. The highest BCUT2D eigenvalue weighted by Gasteiger charge is 2.12. The molecule has 0 aliphatic heterocycles. The number of ether oxygens (including phenoxy) is 4. The molecule has 2 aromatic rings. The molecule has 2 aromatic carbocycles. The van der Waals surface area contributed by atoms with Crippen molar-refractivity contribution in [3.8, 4) is 17.2 Å². The van der Waals surface area contributed by atoms with Crippen molar-refractivity contribution >= 4 is 17.6 Å². The van der Waals surface area contributed by atoms with Gasteiger partial charge in [0.05, 0.1) is 32.1 Å². The lowest BCUT2D eigenvalue weighted by molar-refractivity contribution is -0.123. The van der Waals surface area contributed by atoms with E-state index in [1.165, 1.54) is 6.07 Å². The summed E-state index contributed by atoms with van der Waals surface area (Å²) >= 11 is 0. The van der Waals surface area contributed by atoms with Gasteiger partial charge in [-0.15, -0.1) is 0 Å². The normalized spacial score (nSPS) is 10.2. The largest absolute Gasteiger partial charge is 0.493 e. The van der Waals surface area contributed by atoms with Crippen LogP contribution in [-0.4, -0.2) is 45.9 Å². The molecule has 0 spiro atoms. The van der Waals surface area contributed by atoms with E-state index in [9.17, 15) is 9.59 Å². The smallest absolute Gasteiger partial charge is 0.338 e. The van der Waals surface area contributed by atoms with E-state index < -0.39 is 5.97 Å². The Balaban J connectivity index is 1.84. The summed E-state index contributed by atoms with van der Waals surface area (Å²) in [4.78, 5) is 24.0. The Labute approximate surface area is 176 Å². The minimum atomic E-state index is -0.457. The highest BCUT2D eigenvalue weighted by atomic mass is 16.5. The predicted molar refractivity (Wildman–Crippen MR) is 113 cm³/mol. The third kappa shape index (κ3) is 6.58. The summed E-state index contributed by atoms with van der Waals surface area (Å²) in [6.07, 6.45) is 1.35. The molecule has 0 saturated carbocycles. The van der Waals surface area contributed by atoms with Gasteiger partial charge in [0.15, 0.2) is 18.1 Å². The Bertz CT molecular complexity index is 869. The van der Waals surface area contributed by atoms with Crippen LogP contribution in [0.2, 0.25) is 0 Å². The molecular formula is C22H28N2O6. The van der Waals surface area contributed by atoms with Crippen LogP contribution in [0.4, 0.5) is 5.69 Å². The van der Waals surface area contributed by atoms with Gasteiger partial charge >= 0.3 is 5.97 Å². The van der Waals surface area contributed by atoms with Crippen LogP contribution in [-0.2, 0) is 16.0 Å². The van der Waals surface area contributed by atoms with Gasteiger partial charge in [-0.25, -0.2) is 4.79 Å². The van der Waals surface area contributed by atoms with Crippen LogP contribution in [0.5, 0.6) is 17.2 Å². The fraction of sp³-hybridized carbons (Fsp3) is 0.364. The van der Waals surface area contributed by atoms with E-state index in [2.05, 4.69) is 5.32 Å². The molecule has 2 rings (SSSR count). The van der Waals surface area contributed by atoms with E-state index in [1.54, 1.807) is 26.4 Å². The Morgan fingerprint density at radius 2 is 1.77 bits per heavy atom. The van der Waals surface area contributed by atoms with E-state index >= 15 is 0 Å². The number of amides is 1. The number of carbonyl (C=O) groups is 2. The lowest BCUT2D eigenvalue weighted by atomic mass is 10.1. The fourth-order valence-corrected chi connectivity index (χ4v) is 2.64. The van der Waals surface area contributed by atoms with Gasteiger partial charge < -0.3 is 30.0 Å². The SMILES string of the molecule is CCCOC(=O)c1ccc(N)c(OCC(=O)NCCc2ccc(OC)c(OC)c2)c1. The molecule has 1 amide bonds. The topological polar surface area (TPSA) is 109 Å². The minimum absolute atomic E-state index is 0.219. The number of hydrogen-bond donors (Lipinski definition) is 2. The van der Waals surface area contributed by atoms with Gasteiger partial charge in [-0.3, -0.25) is 4.79 Å². The molecule has 0 unspecified atom stereocenters. The molecule has 3 N–H and O–H groups in total. The molecule has 8 nitrogen and oxygen atoms in total. The number of benzene rings is 2. The van der Waals surface area contributed by atoms with Crippen LogP contribution in [0.25, 0.3) is 0 Å². The summed E-state index contributed by atoms with van der Waals surface area (Å²) in [6, 6.07) is 10.2. The molecule has 162 valence electrons. The van der Waals surface area contributed by atoms with Crippen LogP contribution in [0.3, 0.4) is 0 Å². The molecule has 8 heteroatoms. The maximum absolute atomic E-state index is 12.1. The van der Waals surface area contributed by atoms with Gasteiger partial charge in [-0.05, 0) is 48.7 Å². The van der Waals surface area contributed by atoms with Crippen molar-refractivity contribution in [1.29, 1.82) is 0 Å². The third-order valence-electron chi connectivity index (χ3n) is 4.23. The quantitative estimate of drug-likeness (QED) is 0.428. The zero-order valence-corrected chi connectivity index (χ0v) is 17.5. The molecule has 0 atom stereocenters. The first kappa shape index (κ1) is 22.9. The molecule has 0 aliphatic rings. The molecule has 0 bridgehead atoms. The molecule has 0 aliphatic carbocycles. The number of hydrogen-bond acceptors (Lipinski definition) is 7. The average Bonchev–Trinajstić information content (AvgIpc) is 2.76. The number of methoxy groups -OCH3 is 2. The Kier molecular flexibility index (Phi) is 8.80. The second-order valence-electron chi connectivity index (χ2n) is 6.47. The fourth-order valence-electron chi connectivity index (χ4n) is 2.64. The van der Waals surface area contributed by atoms with Crippen LogP contribution >= 0.6 is 0 Å². The van der Waals surface area contributed by atoms with Gasteiger partial charge in [-0.1, -0.05) is 13.0 Å². The molecule has 0 aromatic heterocycles. The number of nitrogen functional groups attached to an aromatic ring is 1. The van der Waals surface area contributed by atoms with E-state index in [0.29, 0.717) is 42.3 Å². The standard InChI is InChI=1S/C22H28N2O6/c1-4-11-29-22(26)16-6-7-17(23)19(13-16)30-14-21(25)24-10-9-15-5-8-18(27-2)20(12-15)28-3/h5-8,12-13H,4,9-11,14,23H2,1-3H3,(H,24,25). The van der Waals surface area contributed by atoms with E-state index in [4.69, 9.17) is 24.7 Å². The summed E-state index contributed by atoms with van der Waals surface area (Å²) in [5, 5.41) is 2.78. The summed E-state index contributed by atoms with van der Waals surface area (Å²) in [7, 11) is 3.15. The number of nitrogens with one attached hydrogen (secondary N) is 1. The highest BCUT2D eigenvalue weighted by molar-refractivity contribution is 5.90. The van der Waals surface area contributed by atoms with Gasteiger partial charge in [0.2, 0.25) is 0 Å². The first-order valence-corrected chi connectivity index (χ1v) is 9.65. The lowest BCUT2D eigenvalue weighted by Gasteiger charge is -2.12. The molecular weight excluding hydrogens is 388 g/mol. The second-order valence-corrected chi connectivity index (χ2v) is 6.47. The van der Waals surface area contributed by atoms with Crippen molar-refractivity contribution in [2.45, 2.75) is 19.8 Å². The molecule has 0 fully saturated rings. The summed E-state index contributed by atoms with van der Waals surface area (Å²) in [5.41, 5.74) is 7.52. The maximum Gasteiger partial charge on any atom is 0.338 e. The summed E-state index contributed by atoms with van der Waals surface area (Å²) in [5.74, 6) is 0.792. The monoisotopic (exact) mass is 416 g/mol. The molecule has 0 saturated heterocycles. The van der Waals surface area contributed by atoms with Gasteiger partial charge in [0.25, 0.3) is 5.91 Å². The number of carbonyl (C=O) groups excluding carboxylic acids is 2. The van der Waals surface area contributed by atoms with E-state index in [0.717, 1.165) is 12.0 Å². The zero-order chi connectivity index (χ0) is 21.9. The Morgan fingerprint density at radius 1 is 1.00 bits per heavy atom. The van der Waals surface area contributed by atoms with Crippen molar-refractivity contribution < 1.29 is 28.5 Å². The number of esters is 1. The van der Waals surface area contributed by atoms with Gasteiger partial charge in [0, 0.05) is 6.54 Å². The predicted octanol–water partition coefficient (Wildman–Crippen LogP) is 2.59. The van der Waals surface area contributed by atoms with E-state index in [1.807, 2.05) is 25.1 Å². The Morgan fingerprint density at radius 3 is 2.47 bits per heavy atom. The lowest BCUT2D eigenvalue weighted by Crippen LogP contribution is -2.30. The summed E-state index contributed by atoms with van der Waals surface area (Å²) < 4.78 is 21.1. The average molecular weight is 416 g/mol. The van der Waals surface area contributed by atoms with Crippen molar-refractivity contribution in [2.75, 3.05) is 39.7 Å². The molecule has 0 heterocycles. The summed E-state index contributed by atoms with van der Waals surface area (Å²) in [6.45, 7) is 2.45. The second kappa shape index (κ2) is 11.5. The van der Waals surface area contributed by atoms with E-state index in [-0.39, 0.29) is 18.3 Å². The van der Waals surface area contributed by atoms with Gasteiger partial charge in [0.1, 0.15) is 5.75 Å². The van der Waals surface area contributed by atoms with Crippen LogP contribution in [0, 0.1) is 0 Å².